The third-order valence-corrected chi connectivity index (χ3v) is 5.02. The zero-order chi connectivity index (χ0) is 13.6. The van der Waals surface area contributed by atoms with Crippen LogP contribution >= 0.6 is 0 Å². The maximum absolute atomic E-state index is 11.9. The van der Waals surface area contributed by atoms with Crippen LogP contribution in [0.15, 0.2) is 0 Å². The van der Waals surface area contributed by atoms with Gasteiger partial charge in [0.2, 0.25) is 10.0 Å². The van der Waals surface area contributed by atoms with Crippen LogP contribution in [0.2, 0.25) is 0 Å². The molecule has 2 N–H and O–H groups in total. The second kappa shape index (κ2) is 7.09. The lowest BCUT2D eigenvalue weighted by Gasteiger charge is -2.22. The monoisotopic (exact) mass is 277 g/mol. The van der Waals surface area contributed by atoms with Crippen LogP contribution in [-0.4, -0.2) is 31.3 Å². The fraction of sp³-hybridized carbons (Fsp3) is 0.917. The fourth-order valence-corrected chi connectivity index (χ4v) is 4.20. The molecule has 1 rings (SSSR count). The first-order valence-corrected chi connectivity index (χ1v) is 8.26. The molecule has 1 atom stereocenters. The topological polar surface area (TPSA) is 83.5 Å². The third-order valence-electron chi connectivity index (χ3n) is 3.35. The summed E-state index contributed by atoms with van der Waals surface area (Å²) in [7, 11) is -3.27. The normalized spacial score (nSPS) is 19.6. The molecule has 5 nitrogen and oxygen atoms in total. The van der Waals surface area contributed by atoms with Gasteiger partial charge in [0.15, 0.2) is 0 Å². The van der Waals surface area contributed by atoms with Gasteiger partial charge >= 0.3 is 5.97 Å². The minimum absolute atomic E-state index is 0.00683. The van der Waals surface area contributed by atoms with E-state index in [-0.39, 0.29) is 24.1 Å². The highest BCUT2D eigenvalue weighted by molar-refractivity contribution is 7.89. The molecule has 1 fully saturated rings. The quantitative estimate of drug-likeness (QED) is 0.742. The molecule has 0 aromatic heterocycles. The standard InChI is InChI=1S/C12H23NO4S/c1-10(7-8-12(14)15)13-18(16,17)9-11-5-3-2-4-6-11/h10-11,13H,2-9H2,1H3,(H,14,15). The Morgan fingerprint density at radius 1 is 1.33 bits per heavy atom. The van der Waals surface area contributed by atoms with E-state index >= 15 is 0 Å². The zero-order valence-corrected chi connectivity index (χ0v) is 11.7. The van der Waals surface area contributed by atoms with Gasteiger partial charge in [-0.05, 0) is 32.1 Å². The Labute approximate surface area is 109 Å². The van der Waals surface area contributed by atoms with E-state index in [1.165, 1.54) is 6.42 Å². The van der Waals surface area contributed by atoms with E-state index in [4.69, 9.17) is 5.11 Å². The Hall–Kier alpha value is -0.620. The van der Waals surface area contributed by atoms with Crippen LogP contribution in [0.4, 0.5) is 0 Å². The van der Waals surface area contributed by atoms with Crippen molar-refractivity contribution in [3.8, 4) is 0 Å². The second-order valence-corrected chi connectivity index (χ2v) is 7.04. The van der Waals surface area contributed by atoms with Crippen molar-refractivity contribution >= 4 is 16.0 Å². The number of carbonyl (C=O) groups is 1. The van der Waals surface area contributed by atoms with Gasteiger partial charge in [-0.3, -0.25) is 4.79 Å². The lowest BCUT2D eigenvalue weighted by molar-refractivity contribution is -0.137. The average Bonchev–Trinajstić information content (AvgIpc) is 2.26. The van der Waals surface area contributed by atoms with E-state index < -0.39 is 16.0 Å². The maximum Gasteiger partial charge on any atom is 0.303 e. The van der Waals surface area contributed by atoms with Crippen molar-refractivity contribution in [3.05, 3.63) is 0 Å². The second-order valence-electron chi connectivity index (χ2n) is 5.24. The Kier molecular flexibility index (Phi) is 6.08. The summed E-state index contributed by atoms with van der Waals surface area (Å²) in [6, 6.07) is -0.310. The molecule has 0 bridgehead atoms. The largest absolute Gasteiger partial charge is 0.481 e. The van der Waals surface area contributed by atoms with Crippen molar-refractivity contribution < 1.29 is 18.3 Å². The Morgan fingerprint density at radius 2 is 1.94 bits per heavy atom. The number of rotatable bonds is 7. The minimum Gasteiger partial charge on any atom is -0.481 e. The molecular weight excluding hydrogens is 254 g/mol. The molecular formula is C12H23NO4S. The number of carboxylic acids is 1. The summed E-state index contributed by atoms with van der Waals surface area (Å²) in [6.45, 7) is 1.71. The van der Waals surface area contributed by atoms with Crippen molar-refractivity contribution in [2.24, 2.45) is 5.92 Å². The minimum atomic E-state index is -3.27. The molecule has 0 saturated heterocycles. The van der Waals surface area contributed by atoms with Crippen LogP contribution in [0.5, 0.6) is 0 Å². The molecule has 106 valence electrons. The van der Waals surface area contributed by atoms with Crippen molar-refractivity contribution in [1.82, 2.24) is 4.72 Å². The third kappa shape index (κ3) is 6.35. The predicted octanol–water partition coefficient (Wildman–Crippen LogP) is 1.74. The molecule has 18 heavy (non-hydrogen) atoms. The summed E-state index contributed by atoms with van der Waals surface area (Å²) < 4.78 is 26.4. The molecule has 0 heterocycles. The van der Waals surface area contributed by atoms with Gasteiger partial charge in [0.25, 0.3) is 0 Å². The highest BCUT2D eigenvalue weighted by Crippen LogP contribution is 2.24. The predicted molar refractivity (Wildman–Crippen MR) is 69.8 cm³/mol. The van der Waals surface area contributed by atoms with Gasteiger partial charge in [0.1, 0.15) is 0 Å². The molecule has 0 spiro atoms. The highest BCUT2D eigenvalue weighted by atomic mass is 32.2. The highest BCUT2D eigenvalue weighted by Gasteiger charge is 2.22. The molecule has 6 heteroatoms. The summed E-state index contributed by atoms with van der Waals surface area (Å²) in [5, 5.41) is 8.54. The van der Waals surface area contributed by atoms with Crippen LogP contribution in [0.25, 0.3) is 0 Å². The molecule has 1 unspecified atom stereocenters. The van der Waals surface area contributed by atoms with Gasteiger partial charge in [-0.25, -0.2) is 13.1 Å². The van der Waals surface area contributed by atoms with Crippen LogP contribution < -0.4 is 4.72 Å². The van der Waals surface area contributed by atoms with Gasteiger partial charge < -0.3 is 5.11 Å². The number of sulfonamides is 1. The summed E-state index contributed by atoms with van der Waals surface area (Å²) in [6.07, 6.45) is 5.75. The Bertz CT molecular complexity index is 360. The van der Waals surface area contributed by atoms with E-state index in [0.29, 0.717) is 6.42 Å². The summed E-state index contributed by atoms with van der Waals surface area (Å²) >= 11 is 0. The van der Waals surface area contributed by atoms with Crippen LogP contribution in [0.3, 0.4) is 0 Å². The molecule has 1 saturated carbocycles. The van der Waals surface area contributed by atoms with Gasteiger partial charge in [-0.1, -0.05) is 19.3 Å². The van der Waals surface area contributed by atoms with Crippen LogP contribution in [0, 0.1) is 5.92 Å². The first-order valence-electron chi connectivity index (χ1n) is 6.61. The lowest BCUT2D eigenvalue weighted by atomic mass is 9.91. The van der Waals surface area contributed by atoms with Crippen LogP contribution in [-0.2, 0) is 14.8 Å². The van der Waals surface area contributed by atoms with E-state index in [2.05, 4.69) is 4.72 Å². The first-order chi connectivity index (χ1) is 8.39. The molecule has 1 aliphatic carbocycles. The van der Waals surface area contributed by atoms with E-state index in [1.54, 1.807) is 6.92 Å². The molecule has 0 aromatic rings. The number of carboxylic acid groups (broad SMARTS) is 1. The molecule has 0 radical (unpaired) electrons. The van der Waals surface area contributed by atoms with Gasteiger partial charge in [0, 0.05) is 12.5 Å². The van der Waals surface area contributed by atoms with Gasteiger partial charge in [-0.2, -0.15) is 0 Å². The smallest absolute Gasteiger partial charge is 0.303 e. The van der Waals surface area contributed by atoms with E-state index in [9.17, 15) is 13.2 Å². The fourth-order valence-electron chi connectivity index (χ4n) is 2.42. The van der Waals surface area contributed by atoms with Crippen molar-refractivity contribution in [1.29, 1.82) is 0 Å². The SMILES string of the molecule is CC(CCC(=O)O)NS(=O)(=O)CC1CCCCC1. The number of nitrogens with one attached hydrogen (secondary N) is 1. The Morgan fingerprint density at radius 3 is 2.50 bits per heavy atom. The van der Waals surface area contributed by atoms with E-state index in [0.717, 1.165) is 25.7 Å². The van der Waals surface area contributed by atoms with Crippen molar-refractivity contribution in [2.75, 3.05) is 5.75 Å². The number of hydrogen-bond acceptors (Lipinski definition) is 3. The lowest BCUT2D eigenvalue weighted by Crippen LogP contribution is -2.37. The summed E-state index contributed by atoms with van der Waals surface area (Å²) in [5.74, 6) is -0.444. The Balaban J connectivity index is 2.35. The number of hydrogen-bond donors (Lipinski definition) is 2. The van der Waals surface area contributed by atoms with Gasteiger partial charge in [0.05, 0.1) is 5.75 Å². The van der Waals surface area contributed by atoms with E-state index in [1.807, 2.05) is 0 Å². The van der Waals surface area contributed by atoms with Crippen molar-refractivity contribution in [3.63, 3.8) is 0 Å². The maximum atomic E-state index is 11.9. The zero-order valence-electron chi connectivity index (χ0n) is 10.9. The summed E-state index contributed by atoms with van der Waals surface area (Å²) in [5.41, 5.74) is 0. The van der Waals surface area contributed by atoms with Crippen molar-refractivity contribution in [2.45, 2.75) is 57.9 Å². The molecule has 0 aliphatic heterocycles. The van der Waals surface area contributed by atoms with Crippen LogP contribution in [0.1, 0.15) is 51.9 Å². The number of aliphatic carboxylic acids is 1. The average molecular weight is 277 g/mol. The van der Waals surface area contributed by atoms with Gasteiger partial charge in [-0.15, -0.1) is 0 Å². The molecule has 0 amide bonds. The summed E-state index contributed by atoms with van der Waals surface area (Å²) in [4.78, 5) is 10.4. The molecule has 1 aliphatic rings. The first kappa shape index (κ1) is 15.4. The molecule has 0 aromatic carbocycles.